The third-order valence-electron chi connectivity index (χ3n) is 1.83. The first kappa shape index (κ1) is 11.6. The molecule has 0 aromatic rings. The Morgan fingerprint density at radius 3 is 1.80 bits per heavy atom. The minimum absolute atomic E-state index is 0.194. The smallest absolute Gasteiger partial charge is 0.259 e. The van der Waals surface area contributed by atoms with Crippen LogP contribution in [0.15, 0.2) is 25.3 Å². The molecule has 0 saturated carbocycles. The van der Waals surface area contributed by atoms with E-state index in [-0.39, 0.29) is 13.2 Å². The van der Waals surface area contributed by atoms with Crippen LogP contribution < -0.4 is 5.32 Å². The van der Waals surface area contributed by atoms with Crippen molar-refractivity contribution in [3.8, 4) is 0 Å². The summed E-state index contributed by atoms with van der Waals surface area (Å²) < 4.78 is 10.3. The Morgan fingerprint density at radius 2 is 1.47 bits per heavy atom. The fourth-order valence-electron chi connectivity index (χ4n) is 1.21. The van der Waals surface area contributed by atoms with Crippen molar-refractivity contribution in [1.82, 2.24) is 5.32 Å². The molecule has 0 radical (unpaired) electrons. The summed E-state index contributed by atoms with van der Waals surface area (Å²) in [6, 6.07) is 0. The Hall–Kier alpha value is -1.46. The first-order valence-corrected chi connectivity index (χ1v) is 4.50. The third-order valence-corrected chi connectivity index (χ3v) is 1.83. The maximum Gasteiger partial charge on any atom is 0.259 e. The van der Waals surface area contributed by atoms with Crippen LogP contribution in [0.25, 0.3) is 0 Å². The number of imide groups is 1. The van der Waals surface area contributed by atoms with Gasteiger partial charge >= 0.3 is 0 Å². The van der Waals surface area contributed by atoms with Gasteiger partial charge in [-0.3, -0.25) is 14.9 Å². The number of hydrogen-bond donors (Lipinski definition) is 1. The predicted molar refractivity (Wildman–Crippen MR) is 53.0 cm³/mol. The molecule has 1 heterocycles. The SMILES string of the molecule is C=CCOC1C(=O)NC(=O)C1OCC=C. The minimum atomic E-state index is -0.893. The molecule has 0 aromatic carbocycles. The van der Waals surface area contributed by atoms with Gasteiger partial charge in [-0.2, -0.15) is 0 Å². The van der Waals surface area contributed by atoms with Crippen molar-refractivity contribution in [1.29, 1.82) is 0 Å². The zero-order valence-electron chi connectivity index (χ0n) is 8.27. The summed E-state index contributed by atoms with van der Waals surface area (Å²) in [5.74, 6) is -0.952. The largest absolute Gasteiger partial charge is 0.361 e. The summed E-state index contributed by atoms with van der Waals surface area (Å²) in [7, 11) is 0. The van der Waals surface area contributed by atoms with Crippen molar-refractivity contribution in [2.24, 2.45) is 0 Å². The van der Waals surface area contributed by atoms with Gasteiger partial charge in [-0.05, 0) is 0 Å². The Bertz CT molecular complexity index is 259. The number of carbonyl (C=O) groups is 2. The monoisotopic (exact) mass is 211 g/mol. The van der Waals surface area contributed by atoms with Gasteiger partial charge in [-0.15, -0.1) is 13.2 Å². The van der Waals surface area contributed by atoms with Crippen LogP contribution in [0, 0.1) is 0 Å². The van der Waals surface area contributed by atoms with E-state index in [4.69, 9.17) is 9.47 Å². The van der Waals surface area contributed by atoms with Crippen molar-refractivity contribution in [2.45, 2.75) is 12.2 Å². The molecule has 0 spiro atoms. The highest BCUT2D eigenvalue weighted by molar-refractivity contribution is 6.08. The second-order valence-corrected chi connectivity index (χ2v) is 2.94. The zero-order valence-corrected chi connectivity index (χ0v) is 8.27. The van der Waals surface area contributed by atoms with E-state index in [2.05, 4.69) is 18.5 Å². The van der Waals surface area contributed by atoms with E-state index in [1.165, 1.54) is 12.2 Å². The Labute approximate surface area is 87.7 Å². The van der Waals surface area contributed by atoms with Gasteiger partial charge in [0, 0.05) is 0 Å². The number of nitrogens with one attached hydrogen (secondary N) is 1. The molecule has 2 amide bonds. The Kier molecular flexibility index (Phi) is 4.20. The van der Waals surface area contributed by atoms with Crippen molar-refractivity contribution in [2.75, 3.05) is 13.2 Å². The van der Waals surface area contributed by atoms with Crippen LogP contribution in [0.4, 0.5) is 0 Å². The van der Waals surface area contributed by atoms with Crippen LogP contribution in [0.5, 0.6) is 0 Å². The molecule has 5 nitrogen and oxygen atoms in total. The second kappa shape index (κ2) is 5.43. The molecule has 1 saturated heterocycles. The molecule has 1 aliphatic heterocycles. The summed E-state index contributed by atoms with van der Waals surface area (Å²) in [4.78, 5) is 22.5. The molecule has 1 fully saturated rings. The van der Waals surface area contributed by atoms with Crippen LogP contribution in [0.2, 0.25) is 0 Å². The lowest BCUT2D eigenvalue weighted by atomic mass is 10.2. The summed E-state index contributed by atoms with van der Waals surface area (Å²) in [5, 5.41) is 2.14. The molecular weight excluding hydrogens is 198 g/mol. The van der Waals surface area contributed by atoms with Crippen molar-refractivity contribution in [3.63, 3.8) is 0 Å². The van der Waals surface area contributed by atoms with Crippen LogP contribution in [0.3, 0.4) is 0 Å². The van der Waals surface area contributed by atoms with Crippen LogP contribution >= 0.6 is 0 Å². The number of hydrogen-bond acceptors (Lipinski definition) is 4. The zero-order chi connectivity index (χ0) is 11.3. The molecule has 2 atom stereocenters. The summed E-state index contributed by atoms with van der Waals surface area (Å²) in [6.45, 7) is 7.30. The standard InChI is InChI=1S/C10H13NO4/c1-3-5-14-7-8(15-6-4-2)10(13)11-9(7)12/h3-4,7-8H,1-2,5-6H2,(H,11,12,13). The van der Waals surface area contributed by atoms with Crippen LogP contribution in [0.1, 0.15) is 0 Å². The maximum absolute atomic E-state index is 11.3. The van der Waals surface area contributed by atoms with Crippen molar-refractivity contribution >= 4 is 11.8 Å². The fourth-order valence-corrected chi connectivity index (χ4v) is 1.21. The Balaban J connectivity index is 2.61. The lowest BCUT2D eigenvalue weighted by molar-refractivity contribution is -0.137. The lowest BCUT2D eigenvalue weighted by Gasteiger charge is -2.14. The minimum Gasteiger partial charge on any atom is -0.361 e. The fraction of sp³-hybridized carbons (Fsp3) is 0.400. The molecule has 1 rings (SSSR count). The van der Waals surface area contributed by atoms with Crippen LogP contribution in [-0.2, 0) is 19.1 Å². The van der Waals surface area contributed by atoms with E-state index in [9.17, 15) is 9.59 Å². The topological polar surface area (TPSA) is 64.6 Å². The van der Waals surface area contributed by atoms with Crippen molar-refractivity contribution in [3.05, 3.63) is 25.3 Å². The molecular formula is C10H13NO4. The van der Waals surface area contributed by atoms with Gasteiger partial charge in [0.05, 0.1) is 13.2 Å². The molecule has 0 aliphatic carbocycles. The summed E-state index contributed by atoms with van der Waals surface area (Å²) >= 11 is 0. The van der Waals surface area contributed by atoms with E-state index in [1.54, 1.807) is 0 Å². The molecule has 1 N–H and O–H groups in total. The summed E-state index contributed by atoms with van der Waals surface area (Å²) in [6.07, 6.45) is 1.22. The van der Waals surface area contributed by atoms with Gasteiger partial charge in [-0.1, -0.05) is 12.2 Å². The average Bonchev–Trinajstić information content (AvgIpc) is 2.47. The average molecular weight is 211 g/mol. The van der Waals surface area contributed by atoms with E-state index in [1.807, 2.05) is 0 Å². The van der Waals surface area contributed by atoms with Crippen molar-refractivity contribution < 1.29 is 19.1 Å². The first-order chi connectivity index (χ1) is 7.20. The molecule has 1 aliphatic rings. The molecule has 2 unspecified atom stereocenters. The first-order valence-electron chi connectivity index (χ1n) is 4.50. The maximum atomic E-state index is 11.3. The summed E-state index contributed by atoms with van der Waals surface area (Å²) in [5.41, 5.74) is 0. The molecule has 0 bridgehead atoms. The molecule has 0 aromatic heterocycles. The highest BCUT2D eigenvalue weighted by atomic mass is 16.5. The number of carbonyl (C=O) groups excluding carboxylic acids is 2. The highest BCUT2D eigenvalue weighted by Crippen LogP contribution is 2.12. The van der Waals surface area contributed by atoms with E-state index >= 15 is 0 Å². The molecule has 15 heavy (non-hydrogen) atoms. The van der Waals surface area contributed by atoms with Gasteiger partial charge in [0.2, 0.25) is 0 Å². The Morgan fingerprint density at radius 1 is 1.07 bits per heavy atom. The predicted octanol–water partition coefficient (Wildman–Crippen LogP) is -0.215. The number of amides is 2. The molecule has 82 valence electrons. The van der Waals surface area contributed by atoms with Gasteiger partial charge in [0.1, 0.15) is 0 Å². The number of rotatable bonds is 6. The van der Waals surface area contributed by atoms with E-state index < -0.39 is 24.0 Å². The second-order valence-electron chi connectivity index (χ2n) is 2.94. The molecule has 5 heteroatoms. The highest BCUT2D eigenvalue weighted by Gasteiger charge is 2.43. The van der Waals surface area contributed by atoms with Gasteiger partial charge in [0.15, 0.2) is 12.2 Å². The quantitative estimate of drug-likeness (QED) is 0.487. The van der Waals surface area contributed by atoms with E-state index in [0.29, 0.717) is 0 Å². The normalized spacial score (nSPS) is 25.1. The third kappa shape index (κ3) is 2.74. The lowest BCUT2D eigenvalue weighted by Crippen LogP contribution is -2.34. The van der Waals surface area contributed by atoms with Crippen LogP contribution in [-0.4, -0.2) is 37.2 Å². The van der Waals surface area contributed by atoms with Gasteiger partial charge in [-0.25, -0.2) is 0 Å². The van der Waals surface area contributed by atoms with Gasteiger partial charge in [0.25, 0.3) is 11.8 Å². The number of ether oxygens (including phenoxy) is 2. The van der Waals surface area contributed by atoms with Gasteiger partial charge < -0.3 is 9.47 Å². The van der Waals surface area contributed by atoms with E-state index in [0.717, 1.165) is 0 Å².